The monoisotopic (exact) mass is 336 g/mol. The van der Waals surface area contributed by atoms with Crippen molar-refractivity contribution < 1.29 is 18.7 Å². The molecule has 0 aliphatic carbocycles. The molecule has 2 aromatic rings. The average Bonchev–Trinajstić information content (AvgIpc) is 2.52. The summed E-state index contributed by atoms with van der Waals surface area (Å²) in [5, 5.41) is 2.53. The van der Waals surface area contributed by atoms with E-state index in [2.05, 4.69) is 5.32 Å². The quantitative estimate of drug-likeness (QED) is 0.848. The van der Waals surface area contributed by atoms with E-state index in [0.29, 0.717) is 5.56 Å². The fourth-order valence-corrected chi connectivity index (χ4v) is 2.12. The number of carbonyl (C=O) groups excluding carboxylic acids is 2. The molecule has 23 heavy (non-hydrogen) atoms. The molecule has 0 aliphatic rings. The molecule has 5 nitrogen and oxygen atoms in total. The topological polar surface area (TPSA) is 81.4 Å². The van der Waals surface area contributed by atoms with Crippen molar-refractivity contribution in [3.8, 4) is 5.75 Å². The molecule has 120 valence electrons. The van der Waals surface area contributed by atoms with Gasteiger partial charge in [-0.25, -0.2) is 4.39 Å². The number of nitrogens with two attached hydrogens (primary N) is 1. The van der Waals surface area contributed by atoms with Crippen LogP contribution in [0.1, 0.15) is 11.6 Å². The van der Waals surface area contributed by atoms with Crippen molar-refractivity contribution in [2.45, 2.75) is 6.04 Å². The third-order valence-corrected chi connectivity index (χ3v) is 3.27. The Bertz CT molecular complexity index is 710. The first kappa shape index (κ1) is 16.8. The highest BCUT2D eigenvalue weighted by Crippen LogP contribution is 2.24. The highest BCUT2D eigenvalue weighted by Gasteiger charge is 2.20. The molecule has 0 spiro atoms. The minimum absolute atomic E-state index is 0.0484. The predicted octanol–water partition coefficient (Wildman–Crippen LogP) is 2.20. The summed E-state index contributed by atoms with van der Waals surface area (Å²) in [6.45, 7) is -0.387. The minimum Gasteiger partial charge on any atom is -0.482 e. The second kappa shape index (κ2) is 7.60. The van der Waals surface area contributed by atoms with Gasteiger partial charge in [-0.1, -0.05) is 41.9 Å². The van der Waals surface area contributed by atoms with Crippen molar-refractivity contribution in [3.63, 3.8) is 0 Å². The SMILES string of the molecule is NC(=O)C(NC(=O)COc1ccc(F)cc1Cl)c1ccccc1. The number of primary amides is 1. The van der Waals surface area contributed by atoms with Gasteiger partial charge >= 0.3 is 0 Å². The predicted molar refractivity (Wildman–Crippen MR) is 83.4 cm³/mol. The van der Waals surface area contributed by atoms with E-state index in [9.17, 15) is 14.0 Å². The number of ether oxygens (including phenoxy) is 1. The Hall–Kier alpha value is -2.60. The van der Waals surface area contributed by atoms with E-state index in [1.807, 2.05) is 0 Å². The fraction of sp³-hybridized carbons (Fsp3) is 0.125. The Morgan fingerprint density at radius 3 is 2.52 bits per heavy atom. The summed E-state index contributed by atoms with van der Waals surface area (Å²) in [6.07, 6.45) is 0. The van der Waals surface area contributed by atoms with Gasteiger partial charge < -0.3 is 15.8 Å². The molecular formula is C16H14ClFN2O3. The van der Waals surface area contributed by atoms with Gasteiger partial charge in [-0.3, -0.25) is 9.59 Å². The first-order valence-electron chi connectivity index (χ1n) is 6.69. The zero-order valence-corrected chi connectivity index (χ0v) is 12.7. The van der Waals surface area contributed by atoms with Gasteiger partial charge in [0.2, 0.25) is 5.91 Å². The van der Waals surface area contributed by atoms with Crippen LogP contribution in [0.5, 0.6) is 5.75 Å². The third-order valence-electron chi connectivity index (χ3n) is 2.98. The summed E-state index contributed by atoms with van der Waals surface area (Å²) >= 11 is 5.79. The number of hydrogen-bond acceptors (Lipinski definition) is 3. The highest BCUT2D eigenvalue weighted by molar-refractivity contribution is 6.32. The van der Waals surface area contributed by atoms with E-state index < -0.39 is 23.7 Å². The molecule has 1 unspecified atom stereocenters. The average molecular weight is 337 g/mol. The van der Waals surface area contributed by atoms with E-state index >= 15 is 0 Å². The highest BCUT2D eigenvalue weighted by atomic mass is 35.5. The second-order valence-electron chi connectivity index (χ2n) is 4.68. The van der Waals surface area contributed by atoms with Crippen LogP contribution in [0.15, 0.2) is 48.5 Å². The van der Waals surface area contributed by atoms with Gasteiger partial charge in [-0.15, -0.1) is 0 Å². The van der Waals surface area contributed by atoms with Gasteiger partial charge in [-0.2, -0.15) is 0 Å². The minimum atomic E-state index is -0.962. The van der Waals surface area contributed by atoms with E-state index in [0.717, 1.165) is 12.1 Å². The molecule has 2 rings (SSSR count). The van der Waals surface area contributed by atoms with Crippen LogP contribution in [-0.4, -0.2) is 18.4 Å². The van der Waals surface area contributed by atoms with E-state index in [1.165, 1.54) is 6.07 Å². The largest absolute Gasteiger partial charge is 0.482 e. The van der Waals surface area contributed by atoms with Gasteiger partial charge in [0.1, 0.15) is 17.6 Å². The van der Waals surface area contributed by atoms with Crippen LogP contribution in [0.2, 0.25) is 5.02 Å². The molecule has 0 aliphatic heterocycles. The molecule has 0 fully saturated rings. The molecule has 2 amide bonds. The standard InChI is InChI=1S/C16H14ClFN2O3/c17-12-8-11(18)6-7-13(12)23-9-14(21)20-15(16(19)22)10-4-2-1-3-5-10/h1-8,15H,9H2,(H2,19,22)(H,20,21). The maximum Gasteiger partial charge on any atom is 0.258 e. The van der Waals surface area contributed by atoms with Gasteiger partial charge in [0.15, 0.2) is 6.61 Å². The number of hydrogen-bond donors (Lipinski definition) is 2. The molecule has 1 atom stereocenters. The van der Waals surface area contributed by atoms with Crippen molar-refractivity contribution in [3.05, 3.63) is 64.9 Å². The molecule has 3 N–H and O–H groups in total. The maximum atomic E-state index is 12.9. The number of rotatable bonds is 6. The van der Waals surface area contributed by atoms with Crippen LogP contribution in [0.4, 0.5) is 4.39 Å². The van der Waals surface area contributed by atoms with Crippen LogP contribution in [0, 0.1) is 5.82 Å². The van der Waals surface area contributed by atoms with Crippen LogP contribution < -0.4 is 15.8 Å². The molecule has 0 saturated carbocycles. The number of carbonyl (C=O) groups is 2. The van der Waals surface area contributed by atoms with Gasteiger partial charge in [0.25, 0.3) is 5.91 Å². The Morgan fingerprint density at radius 2 is 1.91 bits per heavy atom. The molecule has 0 heterocycles. The Balaban J connectivity index is 1.98. The van der Waals surface area contributed by atoms with E-state index in [4.69, 9.17) is 22.1 Å². The van der Waals surface area contributed by atoms with Gasteiger partial charge in [0.05, 0.1) is 5.02 Å². The lowest BCUT2D eigenvalue weighted by Gasteiger charge is -2.16. The Kier molecular flexibility index (Phi) is 5.54. The summed E-state index contributed by atoms with van der Waals surface area (Å²) in [5.41, 5.74) is 5.87. The number of nitrogens with one attached hydrogen (secondary N) is 1. The summed E-state index contributed by atoms with van der Waals surface area (Å²) in [4.78, 5) is 23.4. The van der Waals surface area contributed by atoms with Crippen molar-refractivity contribution >= 4 is 23.4 Å². The number of benzene rings is 2. The molecular weight excluding hydrogens is 323 g/mol. The van der Waals surface area contributed by atoms with Gasteiger partial charge in [-0.05, 0) is 23.8 Å². The van der Waals surface area contributed by atoms with Crippen molar-refractivity contribution in [1.82, 2.24) is 5.32 Å². The first-order valence-corrected chi connectivity index (χ1v) is 7.06. The molecule has 0 saturated heterocycles. The summed E-state index contributed by atoms with van der Waals surface area (Å²) in [6, 6.07) is 11.2. The van der Waals surface area contributed by atoms with Crippen molar-refractivity contribution in [2.24, 2.45) is 5.73 Å². The molecule has 2 aromatic carbocycles. The van der Waals surface area contributed by atoms with Crippen molar-refractivity contribution in [2.75, 3.05) is 6.61 Å². The zero-order valence-electron chi connectivity index (χ0n) is 12.0. The number of amides is 2. The Labute approximate surface area is 137 Å². The molecule has 0 radical (unpaired) electrons. The lowest BCUT2D eigenvalue weighted by atomic mass is 10.1. The van der Waals surface area contributed by atoms with Crippen LogP contribution in [0.3, 0.4) is 0 Å². The summed E-state index contributed by atoms with van der Waals surface area (Å²) in [5.74, 6) is -1.59. The summed E-state index contributed by atoms with van der Waals surface area (Å²) < 4.78 is 18.1. The van der Waals surface area contributed by atoms with E-state index in [-0.39, 0.29) is 17.4 Å². The smallest absolute Gasteiger partial charge is 0.258 e. The van der Waals surface area contributed by atoms with Crippen LogP contribution in [0.25, 0.3) is 0 Å². The third kappa shape index (κ3) is 4.69. The Morgan fingerprint density at radius 1 is 1.22 bits per heavy atom. The molecule has 0 aromatic heterocycles. The van der Waals surface area contributed by atoms with Crippen LogP contribution >= 0.6 is 11.6 Å². The molecule has 7 heteroatoms. The van der Waals surface area contributed by atoms with E-state index in [1.54, 1.807) is 30.3 Å². The van der Waals surface area contributed by atoms with Crippen LogP contribution in [-0.2, 0) is 9.59 Å². The zero-order chi connectivity index (χ0) is 16.8. The fourth-order valence-electron chi connectivity index (χ4n) is 1.90. The normalized spacial score (nSPS) is 11.6. The molecule has 0 bridgehead atoms. The van der Waals surface area contributed by atoms with Crippen molar-refractivity contribution in [1.29, 1.82) is 0 Å². The second-order valence-corrected chi connectivity index (χ2v) is 5.08. The van der Waals surface area contributed by atoms with Gasteiger partial charge in [0, 0.05) is 0 Å². The summed E-state index contributed by atoms with van der Waals surface area (Å²) in [7, 11) is 0. The lowest BCUT2D eigenvalue weighted by molar-refractivity contribution is -0.128. The lowest BCUT2D eigenvalue weighted by Crippen LogP contribution is -2.39. The first-order chi connectivity index (χ1) is 11.0. The maximum absolute atomic E-state index is 12.9. The number of halogens is 2.